The quantitative estimate of drug-likeness (QED) is 0.895. The number of para-hydroxylation sites is 1. The second kappa shape index (κ2) is 5.17. The molecule has 0 aliphatic carbocycles. The first-order valence-corrected chi connectivity index (χ1v) is 6.12. The summed E-state index contributed by atoms with van der Waals surface area (Å²) in [6.45, 7) is 2.64. The Morgan fingerprint density at radius 3 is 2.84 bits per heavy atom. The number of anilines is 1. The number of hydrogen-bond acceptors (Lipinski definition) is 4. The van der Waals surface area contributed by atoms with Crippen molar-refractivity contribution in [3.05, 3.63) is 18.2 Å². The molecule has 6 nitrogen and oxygen atoms in total. The number of benzene rings is 1. The normalized spacial score (nSPS) is 10.7. The van der Waals surface area contributed by atoms with E-state index < -0.39 is 0 Å². The maximum Gasteiger partial charge on any atom is 0.242 e. The molecular weight excluding hydrogens is 244 g/mol. The Balaban J connectivity index is 2.47. The molecule has 0 spiro atoms. The zero-order chi connectivity index (χ0) is 14.0. The lowest BCUT2D eigenvalue weighted by Crippen LogP contribution is -2.26. The number of rotatable bonds is 4. The van der Waals surface area contributed by atoms with Crippen LogP contribution >= 0.6 is 0 Å². The minimum Gasteiger partial charge on any atom is -0.492 e. The van der Waals surface area contributed by atoms with Crippen LogP contribution in [0.1, 0.15) is 6.92 Å². The highest BCUT2D eigenvalue weighted by atomic mass is 16.5. The molecule has 102 valence electrons. The van der Waals surface area contributed by atoms with Crippen molar-refractivity contribution in [3.8, 4) is 5.75 Å². The maximum atomic E-state index is 11.8. The molecule has 0 bridgehead atoms. The smallest absolute Gasteiger partial charge is 0.242 e. The molecule has 0 unspecified atom stereocenters. The summed E-state index contributed by atoms with van der Waals surface area (Å²) in [4.78, 5) is 17.6. The van der Waals surface area contributed by atoms with Crippen LogP contribution in [0.2, 0.25) is 0 Å². The average molecular weight is 262 g/mol. The monoisotopic (exact) mass is 262 g/mol. The topological polar surface area (TPSA) is 73.4 Å². The molecule has 0 aliphatic rings. The van der Waals surface area contributed by atoms with Gasteiger partial charge in [0.15, 0.2) is 0 Å². The van der Waals surface area contributed by atoms with E-state index in [1.54, 1.807) is 18.7 Å². The minimum absolute atomic E-state index is 0.0344. The van der Waals surface area contributed by atoms with Crippen molar-refractivity contribution in [1.29, 1.82) is 0 Å². The summed E-state index contributed by atoms with van der Waals surface area (Å²) in [6.07, 6.45) is 0. The Labute approximate surface area is 111 Å². The van der Waals surface area contributed by atoms with E-state index in [0.29, 0.717) is 23.8 Å². The largest absolute Gasteiger partial charge is 0.492 e. The molecule has 19 heavy (non-hydrogen) atoms. The second-order valence-corrected chi connectivity index (χ2v) is 4.40. The van der Waals surface area contributed by atoms with Crippen LogP contribution in [-0.4, -0.2) is 41.1 Å². The van der Waals surface area contributed by atoms with E-state index in [4.69, 9.17) is 10.5 Å². The molecule has 2 aromatic rings. The predicted molar refractivity (Wildman–Crippen MR) is 74.0 cm³/mol. The number of imidazole rings is 1. The highest BCUT2D eigenvalue weighted by Gasteiger charge is 2.15. The first-order valence-electron chi connectivity index (χ1n) is 6.12. The van der Waals surface area contributed by atoms with E-state index >= 15 is 0 Å². The summed E-state index contributed by atoms with van der Waals surface area (Å²) < 4.78 is 7.21. The third-order valence-electron chi connectivity index (χ3n) is 2.86. The molecule has 1 heterocycles. The van der Waals surface area contributed by atoms with E-state index in [0.717, 1.165) is 5.52 Å². The zero-order valence-electron chi connectivity index (χ0n) is 11.4. The number of carbonyl (C=O) groups excluding carboxylic acids is 1. The number of nitrogen functional groups attached to an aromatic ring is 1. The first-order chi connectivity index (χ1) is 9.04. The van der Waals surface area contributed by atoms with Gasteiger partial charge in [-0.3, -0.25) is 4.79 Å². The van der Waals surface area contributed by atoms with Crippen molar-refractivity contribution in [1.82, 2.24) is 14.5 Å². The minimum atomic E-state index is -0.0344. The third kappa shape index (κ3) is 2.47. The van der Waals surface area contributed by atoms with Crippen molar-refractivity contribution < 1.29 is 9.53 Å². The van der Waals surface area contributed by atoms with E-state index in [2.05, 4.69) is 4.98 Å². The zero-order valence-corrected chi connectivity index (χ0v) is 11.4. The number of fused-ring (bicyclic) bond motifs is 1. The Hall–Kier alpha value is -2.24. The maximum absolute atomic E-state index is 11.8. The number of nitrogens with zero attached hydrogens (tertiary/aromatic N) is 3. The fourth-order valence-electron chi connectivity index (χ4n) is 1.85. The highest BCUT2D eigenvalue weighted by molar-refractivity contribution is 5.86. The van der Waals surface area contributed by atoms with Crippen LogP contribution in [0.25, 0.3) is 11.0 Å². The van der Waals surface area contributed by atoms with E-state index in [1.165, 1.54) is 4.90 Å². The number of likely N-dealkylation sites (N-methyl/N-ethyl adjacent to an activating group) is 1. The molecule has 0 fully saturated rings. The van der Waals surface area contributed by atoms with Crippen LogP contribution in [0.15, 0.2) is 18.2 Å². The van der Waals surface area contributed by atoms with Gasteiger partial charge < -0.3 is 19.9 Å². The van der Waals surface area contributed by atoms with Gasteiger partial charge in [-0.15, -0.1) is 0 Å². The summed E-state index contributed by atoms with van der Waals surface area (Å²) in [6, 6.07) is 5.59. The fourth-order valence-corrected chi connectivity index (χ4v) is 1.85. The lowest BCUT2D eigenvalue weighted by Gasteiger charge is -2.12. The highest BCUT2D eigenvalue weighted by Crippen LogP contribution is 2.27. The van der Waals surface area contributed by atoms with Crippen LogP contribution in [0, 0.1) is 0 Å². The summed E-state index contributed by atoms with van der Waals surface area (Å²) in [7, 11) is 3.42. The van der Waals surface area contributed by atoms with Gasteiger partial charge in [-0.05, 0) is 19.1 Å². The van der Waals surface area contributed by atoms with Crippen LogP contribution < -0.4 is 10.5 Å². The standard InChI is InChI=1S/C13H18N4O2/c1-4-19-10-7-5-6-9-12(10)15-13(14)17(9)8-11(18)16(2)3/h5-7H,4,8H2,1-3H3,(H2,14,15). The Morgan fingerprint density at radius 2 is 2.21 bits per heavy atom. The van der Waals surface area contributed by atoms with Gasteiger partial charge in [0.05, 0.1) is 12.1 Å². The van der Waals surface area contributed by atoms with E-state index in [9.17, 15) is 4.79 Å². The molecular formula is C13H18N4O2. The van der Waals surface area contributed by atoms with Crippen LogP contribution in [0.5, 0.6) is 5.75 Å². The van der Waals surface area contributed by atoms with Gasteiger partial charge in [-0.25, -0.2) is 4.98 Å². The SMILES string of the molecule is CCOc1cccc2c1nc(N)n2CC(=O)N(C)C. The molecule has 0 atom stereocenters. The molecule has 6 heteroatoms. The summed E-state index contributed by atoms with van der Waals surface area (Å²) in [5, 5.41) is 0. The lowest BCUT2D eigenvalue weighted by atomic mass is 10.3. The fraction of sp³-hybridized carbons (Fsp3) is 0.385. The number of carbonyl (C=O) groups is 1. The molecule has 1 amide bonds. The number of aromatic nitrogens is 2. The molecule has 0 aliphatic heterocycles. The van der Waals surface area contributed by atoms with Gasteiger partial charge in [0, 0.05) is 14.1 Å². The lowest BCUT2D eigenvalue weighted by molar-refractivity contribution is -0.129. The number of amides is 1. The molecule has 0 radical (unpaired) electrons. The molecule has 2 N–H and O–H groups in total. The molecule has 1 aromatic heterocycles. The third-order valence-corrected chi connectivity index (χ3v) is 2.86. The molecule has 0 saturated carbocycles. The summed E-state index contributed by atoms with van der Waals surface area (Å²) in [5.74, 6) is 0.966. The van der Waals surface area contributed by atoms with Crippen LogP contribution in [0.4, 0.5) is 5.95 Å². The van der Waals surface area contributed by atoms with Gasteiger partial charge in [0.1, 0.15) is 17.8 Å². The number of hydrogen-bond donors (Lipinski definition) is 1. The predicted octanol–water partition coefficient (Wildman–Crippen LogP) is 1.11. The van der Waals surface area contributed by atoms with Gasteiger partial charge in [0.2, 0.25) is 11.9 Å². The summed E-state index contributed by atoms with van der Waals surface area (Å²) in [5.41, 5.74) is 7.39. The summed E-state index contributed by atoms with van der Waals surface area (Å²) >= 11 is 0. The van der Waals surface area contributed by atoms with Crippen molar-refractivity contribution in [3.63, 3.8) is 0 Å². The van der Waals surface area contributed by atoms with Crippen LogP contribution in [0.3, 0.4) is 0 Å². The van der Waals surface area contributed by atoms with Crippen molar-refractivity contribution in [2.24, 2.45) is 0 Å². The number of ether oxygens (including phenoxy) is 1. The number of nitrogens with two attached hydrogens (primary N) is 1. The van der Waals surface area contributed by atoms with E-state index in [1.807, 2.05) is 25.1 Å². The van der Waals surface area contributed by atoms with Gasteiger partial charge in [-0.1, -0.05) is 6.07 Å². The van der Waals surface area contributed by atoms with E-state index in [-0.39, 0.29) is 12.5 Å². The van der Waals surface area contributed by atoms with Gasteiger partial charge >= 0.3 is 0 Å². The Kier molecular flexibility index (Phi) is 3.59. The van der Waals surface area contributed by atoms with Crippen molar-refractivity contribution >= 4 is 22.9 Å². The molecule has 2 rings (SSSR count). The van der Waals surface area contributed by atoms with Crippen molar-refractivity contribution in [2.75, 3.05) is 26.4 Å². The second-order valence-electron chi connectivity index (χ2n) is 4.40. The molecule has 1 aromatic carbocycles. The first kappa shape index (κ1) is 13.2. The Bertz CT molecular complexity index is 604. The molecule has 0 saturated heterocycles. The van der Waals surface area contributed by atoms with Gasteiger partial charge in [-0.2, -0.15) is 0 Å². The Morgan fingerprint density at radius 1 is 1.47 bits per heavy atom. The van der Waals surface area contributed by atoms with Crippen LogP contribution in [-0.2, 0) is 11.3 Å². The average Bonchev–Trinajstić information content (AvgIpc) is 2.68. The van der Waals surface area contributed by atoms with Gasteiger partial charge in [0.25, 0.3) is 0 Å². The van der Waals surface area contributed by atoms with Crippen molar-refractivity contribution in [2.45, 2.75) is 13.5 Å².